The molecule has 0 aliphatic carbocycles. The van der Waals surface area contributed by atoms with Crippen LogP contribution in [0.25, 0.3) is 0 Å². The monoisotopic (exact) mass is 142 g/mol. The summed E-state index contributed by atoms with van der Waals surface area (Å²) in [5.74, 6) is 0.767. The molecule has 1 saturated heterocycles. The third-order valence-electron chi connectivity index (χ3n) is 2.14. The van der Waals surface area contributed by atoms with Gasteiger partial charge in [-0.05, 0) is 32.1 Å². The third kappa shape index (κ3) is 1.98. The summed E-state index contributed by atoms with van der Waals surface area (Å²) >= 11 is 0. The molecule has 0 bridgehead atoms. The zero-order valence-corrected chi connectivity index (χ0v) is 7.31. The van der Waals surface area contributed by atoms with E-state index in [4.69, 9.17) is 4.74 Å². The quantitative estimate of drug-likeness (QED) is 0.576. The molecule has 1 heteroatoms. The molecule has 1 nitrogen and oxygen atoms in total. The molecular formula is C9H18O. The fourth-order valence-electron chi connectivity index (χ4n) is 1.86. The molecular weight excluding hydrogens is 124 g/mol. The van der Waals surface area contributed by atoms with Crippen LogP contribution in [0.2, 0.25) is 0 Å². The van der Waals surface area contributed by atoms with Crippen LogP contribution in [0.5, 0.6) is 0 Å². The molecule has 1 aliphatic rings. The lowest BCUT2D eigenvalue weighted by molar-refractivity contribution is 0.00386. The van der Waals surface area contributed by atoms with E-state index >= 15 is 0 Å². The van der Waals surface area contributed by atoms with Crippen molar-refractivity contribution in [2.45, 2.75) is 45.6 Å². The van der Waals surface area contributed by atoms with Gasteiger partial charge in [0.05, 0.1) is 5.60 Å². The number of rotatable bonds is 2. The Kier molecular flexibility index (Phi) is 2.35. The van der Waals surface area contributed by atoms with Crippen molar-refractivity contribution in [3.63, 3.8) is 0 Å². The van der Waals surface area contributed by atoms with Gasteiger partial charge in [0.25, 0.3) is 0 Å². The molecule has 1 fully saturated rings. The molecule has 0 aromatic heterocycles. The third-order valence-corrected chi connectivity index (χ3v) is 2.14. The van der Waals surface area contributed by atoms with E-state index in [1.165, 1.54) is 19.3 Å². The van der Waals surface area contributed by atoms with Crippen LogP contribution in [0, 0.1) is 5.92 Å². The van der Waals surface area contributed by atoms with Crippen molar-refractivity contribution in [2.24, 2.45) is 5.92 Å². The van der Waals surface area contributed by atoms with E-state index in [2.05, 4.69) is 20.8 Å². The topological polar surface area (TPSA) is 9.23 Å². The Morgan fingerprint density at radius 2 is 2.20 bits per heavy atom. The first-order valence-corrected chi connectivity index (χ1v) is 4.26. The summed E-state index contributed by atoms with van der Waals surface area (Å²) in [5.41, 5.74) is 0.216. The van der Waals surface area contributed by atoms with Crippen molar-refractivity contribution >= 4 is 0 Å². The molecule has 0 radical (unpaired) electrons. The van der Waals surface area contributed by atoms with E-state index in [0.717, 1.165) is 12.5 Å². The van der Waals surface area contributed by atoms with Gasteiger partial charge in [-0.3, -0.25) is 0 Å². The smallest absolute Gasteiger partial charge is 0.0657 e. The average molecular weight is 142 g/mol. The largest absolute Gasteiger partial charge is 0.375 e. The van der Waals surface area contributed by atoms with Gasteiger partial charge in [0, 0.05) is 6.61 Å². The van der Waals surface area contributed by atoms with Gasteiger partial charge in [0.1, 0.15) is 0 Å². The van der Waals surface area contributed by atoms with Crippen LogP contribution in [0.1, 0.15) is 40.0 Å². The summed E-state index contributed by atoms with van der Waals surface area (Å²) in [6, 6.07) is 0. The molecule has 1 rings (SSSR count). The summed E-state index contributed by atoms with van der Waals surface area (Å²) in [6.07, 6.45) is 3.72. The van der Waals surface area contributed by atoms with Gasteiger partial charge in [0.15, 0.2) is 0 Å². The van der Waals surface area contributed by atoms with Crippen molar-refractivity contribution in [3.8, 4) is 0 Å². The highest BCUT2D eigenvalue weighted by Crippen LogP contribution is 2.30. The first-order valence-electron chi connectivity index (χ1n) is 4.26. The Morgan fingerprint density at radius 1 is 1.50 bits per heavy atom. The van der Waals surface area contributed by atoms with Crippen LogP contribution < -0.4 is 0 Å². The average Bonchev–Trinajstić information content (AvgIpc) is 2.12. The molecule has 0 amide bonds. The van der Waals surface area contributed by atoms with Gasteiger partial charge >= 0.3 is 0 Å². The maximum absolute atomic E-state index is 5.65. The summed E-state index contributed by atoms with van der Waals surface area (Å²) in [5, 5.41) is 0. The van der Waals surface area contributed by atoms with Crippen molar-refractivity contribution in [3.05, 3.63) is 0 Å². The van der Waals surface area contributed by atoms with Crippen LogP contribution in [0.3, 0.4) is 0 Å². The molecule has 0 saturated carbocycles. The van der Waals surface area contributed by atoms with E-state index in [-0.39, 0.29) is 5.60 Å². The zero-order valence-electron chi connectivity index (χ0n) is 7.31. The SMILES string of the molecule is CC(C)C[C@]1(C)CCCO1. The molecule has 1 aliphatic heterocycles. The Bertz CT molecular complexity index is 101. The first kappa shape index (κ1) is 8.06. The van der Waals surface area contributed by atoms with Crippen LogP contribution >= 0.6 is 0 Å². The second-order valence-corrected chi connectivity index (χ2v) is 4.00. The highest BCUT2D eigenvalue weighted by atomic mass is 16.5. The van der Waals surface area contributed by atoms with Crippen LogP contribution in [-0.4, -0.2) is 12.2 Å². The standard InChI is InChI=1S/C9H18O/c1-8(2)7-9(3)5-4-6-10-9/h8H,4-7H2,1-3H3/t9-/m0/s1. The van der Waals surface area contributed by atoms with Gasteiger partial charge in [0.2, 0.25) is 0 Å². The summed E-state index contributed by atoms with van der Waals surface area (Å²) in [6.45, 7) is 7.73. The lowest BCUT2D eigenvalue weighted by atomic mass is 9.92. The fraction of sp³-hybridized carbons (Fsp3) is 1.00. The maximum Gasteiger partial charge on any atom is 0.0657 e. The van der Waals surface area contributed by atoms with Crippen LogP contribution in [-0.2, 0) is 4.74 Å². The Balaban J connectivity index is 2.36. The molecule has 1 atom stereocenters. The predicted octanol–water partition coefficient (Wildman–Crippen LogP) is 2.60. The van der Waals surface area contributed by atoms with E-state index in [1.807, 2.05) is 0 Å². The van der Waals surface area contributed by atoms with Crippen LogP contribution in [0.4, 0.5) is 0 Å². The minimum Gasteiger partial charge on any atom is -0.375 e. The molecule has 1 heterocycles. The lowest BCUT2D eigenvalue weighted by Crippen LogP contribution is -2.24. The molecule has 0 aromatic rings. The van der Waals surface area contributed by atoms with E-state index in [0.29, 0.717) is 0 Å². The highest BCUT2D eigenvalue weighted by molar-refractivity contribution is 4.80. The molecule has 0 N–H and O–H groups in total. The fourth-order valence-corrected chi connectivity index (χ4v) is 1.86. The van der Waals surface area contributed by atoms with Crippen molar-refractivity contribution in [1.29, 1.82) is 0 Å². The minimum absolute atomic E-state index is 0.216. The highest BCUT2D eigenvalue weighted by Gasteiger charge is 2.29. The summed E-state index contributed by atoms with van der Waals surface area (Å²) < 4.78 is 5.65. The lowest BCUT2D eigenvalue weighted by Gasteiger charge is -2.24. The number of ether oxygens (including phenoxy) is 1. The normalized spacial score (nSPS) is 33.6. The molecule has 0 spiro atoms. The maximum atomic E-state index is 5.65. The van der Waals surface area contributed by atoms with Crippen molar-refractivity contribution < 1.29 is 4.74 Å². The molecule has 0 unspecified atom stereocenters. The Morgan fingerprint density at radius 3 is 2.60 bits per heavy atom. The Labute approximate surface area is 63.8 Å². The summed E-state index contributed by atoms with van der Waals surface area (Å²) in [7, 11) is 0. The molecule has 60 valence electrons. The van der Waals surface area contributed by atoms with Gasteiger partial charge in [-0.2, -0.15) is 0 Å². The van der Waals surface area contributed by atoms with E-state index in [9.17, 15) is 0 Å². The Hall–Kier alpha value is -0.0400. The second-order valence-electron chi connectivity index (χ2n) is 4.00. The van der Waals surface area contributed by atoms with Gasteiger partial charge in [-0.15, -0.1) is 0 Å². The first-order chi connectivity index (χ1) is 4.62. The van der Waals surface area contributed by atoms with E-state index in [1.54, 1.807) is 0 Å². The molecule has 10 heavy (non-hydrogen) atoms. The van der Waals surface area contributed by atoms with E-state index < -0.39 is 0 Å². The zero-order chi connectivity index (χ0) is 7.61. The van der Waals surface area contributed by atoms with Crippen molar-refractivity contribution in [2.75, 3.05) is 6.61 Å². The van der Waals surface area contributed by atoms with Gasteiger partial charge in [-0.1, -0.05) is 13.8 Å². The van der Waals surface area contributed by atoms with Crippen molar-refractivity contribution in [1.82, 2.24) is 0 Å². The number of hydrogen-bond donors (Lipinski definition) is 0. The van der Waals surface area contributed by atoms with Gasteiger partial charge < -0.3 is 4.74 Å². The minimum atomic E-state index is 0.216. The number of hydrogen-bond acceptors (Lipinski definition) is 1. The summed E-state index contributed by atoms with van der Waals surface area (Å²) in [4.78, 5) is 0. The predicted molar refractivity (Wildman–Crippen MR) is 43.0 cm³/mol. The molecule has 0 aromatic carbocycles. The second kappa shape index (κ2) is 2.91. The van der Waals surface area contributed by atoms with Gasteiger partial charge in [-0.25, -0.2) is 0 Å². The van der Waals surface area contributed by atoms with Crippen LogP contribution in [0.15, 0.2) is 0 Å².